The van der Waals surface area contributed by atoms with Gasteiger partial charge in [-0.15, -0.1) is 0 Å². The average Bonchev–Trinajstić information content (AvgIpc) is 2.90. The Labute approximate surface area is 124 Å². The number of benzene rings is 1. The van der Waals surface area contributed by atoms with E-state index in [1.54, 1.807) is 0 Å². The van der Waals surface area contributed by atoms with Crippen molar-refractivity contribution in [2.24, 2.45) is 5.73 Å². The van der Waals surface area contributed by atoms with Crippen LogP contribution < -0.4 is 11.1 Å². The van der Waals surface area contributed by atoms with Crippen molar-refractivity contribution in [3.63, 3.8) is 0 Å². The third kappa shape index (κ3) is 4.07. The van der Waals surface area contributed by atoms with Crippen molar-refractivity contribution in [2.75, 3.05) is 6.54 Å². The maximum atomic E-state index is 11.9. The highest BCUT2D eigenvalue weighted by Crippen LogP contribution is 2.18. The van der Waals surface area contributed by atoms with Crippen LogP contribution in [0.4, 0.5) is 0 Å². The number of hydrogen-bond acceptors (Lipinski definition) is 3. The van der Waals surface area contributed by atoms with Gasteiger partial charge in [0.25, 0.3) is 0 Å². The van der Waals surface area contributed by atoms with Crippen LogP contribution in [0.5, 0.6) is 0 Å². The molecule has 4 N–H and O–H groups in total. The lowest BCUT2D eigenvalue weighted by molar-refractivity contribution is -0.122. The van der Waals surface area contributed by atoms with Gasteiger partial charge in [0.2, 0.25) is 5.91 Å². The number of nitrogens with two attached hydrogens (primary N) is 1. The second-order valence-electron chi connectivity index (χ2n) is 5.08. The van der Waals surface area contributed by atoms with E-state index < -0.39 is 6.04 Å². The van der Waals surface area contributed by atoms with E-state index in [0.717, 1.165) is 29.3 Å². The van der Waals surface area contributed by atoms with Crippen LogP contribution in [0.2, 0.25) is 0 Å². The Hall–Kier alpha value is -2.32. The quantitative estimate of drug-likeness (QED) is 0.677. The molecule has 0 fully saturated rings. The van der Waals surface area contributed by atoms with Gasteiger partial charge < -0.3 is 16.0 Å². The van der Waals surface area contributed by atoms with Gasteiger partial charge in [0.05, 0.1) is 12.1 Å². The molecule has 0 saturated carbocycles. The lowest BCUT2D eigenvalue weighted by Gasteiger charge is -2.11. The highest BCUT2D eigenvalue weighted by molar-refractivity contribution is 5.86. The van der Waals surface area contributed by atoms with Gasteiger partial charge in [0.1, 0.15) is 0 Å². The minimum Gasteiger partial charge on any atom is -0.361 e. The molecule has 2 rings (SSSR count). The highest BCUT2D eigenvalue weighted by atomic mass is 16.2. The molecule has 1 aromatic carbocycles. The Kier molecular flexibility index (Phi) is 5.35. The van der Waals surface area contributed by atoms with Crippen molar-refractivity contribution < 1.29 is 4.79 Å². The number of unbranched alkanes of at least 4 members (excludes halogenated alkanes) is 2. The molecule has 0 bridgehead atoms. The Morgan fingerprint density at radius 3 is 3.00 bits per heavy atom. The summed E-state index contributed by atoms with van der Waals surface area (Å²) in [7, 11) is 0. The molecule has 5 heteroatoms. The molecule has 0 aliphatic rings. The number of carbonyl (C=O) groups is 1. The zero-order chi connectivity index (χ0) is 15.1. The van der Waals surface area contributed by atoms with Gasteiger partial charge >= 0.3 is 0 Å². The highest BCUT2D eigenvalue weighted by Gasteiger charge is 2.15. The van der Waals surface area contributed by atoms with Crippen molar-refractivity contribution in [2.45, 2.75) is 31.7 Å². The molecule has 110 valence electrons. The van der Waals surface area contributed by atoms with Gasteiger partial charge in [0.15, 0.2) is 0 Å². The number of aromatic amines is 1. The normalized spacial score (nSPS) is 12.0. The Balaban J connectivity index is 1.85. The molecule has 0 aliphatic carbocycles. The van der Waals surface area contributed by atoms with Crippen molar-refractivity contribution in [3.05, 3.63) is 36.0 Å². The van der Waals surface area contributed by atoms with E-state index in [0.29, 0.717) is 19.4 Å². The monoisotopic (exact) mass is 284 g/mol. The molecule has 2 aromatic rings. The van der Waals surface area contributed by atoms with Crippen LogP contribution in [0, 0.1) is 11.3 Å². The van der Waals surface area contributed by atoms with E-state index >= 15 is 0 Å². The van der Waals surface area contributed by atoms with Gasteiger partial charge in [-0.1, -0.05) is 18.2 Å². The van der Waals surface area contributed by atoms with Crippen LogP contribution in [0.1, 0.15) is 24.8 Å². The Morgan fingerprint density at radius 2 is 2.19 bits per heavy atom. The van der Waals surface area contributed by atoms with Crippen LogP contribution >= 0.6 is 0 Å². The molecule has 1 aromatic heterocycles. The second-order valence-corrected chi connectivity index (χ2v) is 5.08. The summed E-state index contributed by atoms with van der Waals surface area (Å²) in [6, 6.07) is 9.49. The van der Waals surface area contributed by atoms with Crippen LogP contribution in [0.25, 0.3) is 10.9 Å². The first-order chi connectivity index (χ1) is 10.2. The smallest absolute Gasteiger partial charge is 0.237 e. The molecule has 0 spiro atoms. The largest absolute Gasteiger partial charge is 0.361 e. The summed E-state index contributed by atoms with van der Waals surface area (Å²) in [4.78, 5) is 15.1. The number of aromatic nitrogens is 1. The predicted molar refractivity (Wildman–Crippen MR) is 82.5 cm³/mol. The molecule has 0 aliphatic heterocycles. The SMILES string of the molecule is N#CCCCCNC(=O)C(N)Cc1c[nH]c2ccccc12. The van der Waals surface area contributed by atoms with E-state index in [1.165, 1.54) is 0 Å². The van der Waals surface area contributed by atoms with Gasteiger partial charge in [-0.2, -0.15) is 5.26 Å². The van der Waals surface area contributed by atoms with Crippen molar-refractivity contribution in [1.29, 1.82) is 5.26 Å². The van der Waals surface area contributed by atoms with Crippen LogP contribution in [-0.4, -0.2) is 23.5 Å². The molecule has 1 atom stereocenters. The Bertz CT molecular complexity index is 641. The summed E-state index contributed by atoms with van der Waals surface area (Å²) >= 11 is 0. The zero-order valence-corrected chi connectivity index (χ0v) is 11.9. The number of amides is 1. The van der Waals surface area contributed by atoms with Gasteiger partial charge in [-0.3, -0.25) is 4.79 Å². The van der Waals surface area contributed by atoms with Gasteiger partial charge in [-0.05, 0) is 30.9 Å². The number of nitriles is 1. The van der Waals surface area contributed by atoms with E-state index in [4.69, 9.17) is 11.0 Å². The van der Waals surface area contributed by atoms with E-state index in [-0.39, 0.29) is 5.91 Å². The lowest BCUT2D eigenvalue weighted by atomic mass is 10.1. The molecule has 1 unspecified atom stereocenters. The first kappa shape index (κ1) is 15.1. The third-order valence-electron chi connectivity index (χ3n) is 3.47. The molecule has 1 amide bonds. The summed E-state index contributed by atoms with van der Waals surface area (Å²) < 4.78 is 0. The van der Waals surface area contributed by atoms with Crippen molar-refractivity contribution >= 4 is 16.8 Å². The summed E-state index contributed by atoms with van der Waals surface area (Å²) in [5, 5.41) is 12.4. The predicted octanol–water partition coefficient (Wildman–Crippen LogP) is 1.85. The number of nitrogens with zero attached hydrogens (tertiary/aromatic N) is 1. The minimum atomic E-state index is -0.555. The first-order valence-electron chi connectivity index (χ1n) is 7.17. The Morgan fingerprint density at radius 1 is 1.38 bits per heavy atom. The topological polar surface area (TPSA) is 94.7 Å². The lowest BCUT2D eigenvalue weighted by Crippen LogP contribution is -2.42. The molecule has 0 saturated heterocycles. The number of H-pyrrole nitrogens is 1. The third-order valence-corrected chi connectivity index (χ3v) is 3.47. The minimum absolute atomic E-state index is 0.141. The number of rotatable bonds is 7. The first-order valence-corrected chi connectivity index (χ1v) is 7.17. The number of para-hydroxylation sites is 1. The van der Waals surface area contributed by atoms with Crippen LogP contribution in [-0.2, 0) is 11.2 Å². The van der Waals surface area contributed by atoms with E-state index in [1.807, 2.05) is 30.5 Å². The van der Waals surface area contributed by atoms with Crippen LogP contribution in [0.15, 0.2) is 30.5 Å². The fraction of sp³-hybridized carbons (Fsp3) is 0.375. The summed E-state index contributed by atoms with van der Waals surface area (Å²) in [6.07, 6.45) is 4.55. The maximum Gasteiger partial charge on any atom is 0.237 e. The fourth-order valence-corrected chi connectivity index (χ4v) is 2.30. The van der Waals surface area contributed by atoms with Crippen LogP contribution in [0.3, 0.4) is 0 Å². The molecule has 0 radical (unpaired) electrons. The fourth-order valence-electron chi connectivity index (χ4n) is 2.30. The van der Waals surface area contributed by atoms with Gasteiger partial charge in [-0.25, -0.2) is 0 Å². The summed E-state index contributed by atoms with van der Waals surface area (Å²) in [6.45, 7) is 0.572. The number of fused-ring (bicyclic) bond motifs is 1. The zero-order valence-electron chi connectivity index (χ0n) is 11.9. The standard InChI is InChI=1S/C16H20N4O/c17-8-4-1-5-9-19-16(21)14(18)10-12-11-20-15-7-3-2-6-13(12)15/h2-3,6-7,11,14,20H,1,4-5,9-10,18H2,(H,19,21). The second kappa shape index (κ2) is 7.46. The average molecular weight is 284 g/mol. The number of carbonyl (C=O) groups excluding carboxylic acids is 1. The molecule has 21 heavy (non-hydrogen) atoms. The maximum absolute atomic E-state index is 11.9. The molecular formula is C16H20N4O. The van der Waals surface area contributed by atoms with E-state index in [2.05, 4.69) is 16.4 Å². The molecule has 1 heterocycles. The number of nitrogens with one attached hydrogen (secondary N) is 2. The van der Waals surface area contributed by atoms with E-state index in [9.17, 15) is 4.79 Å². The molecular weight excluding hydrogens is 264 g/mol. The van der Waals surface area contributed by atoms with Crippen molar-refractivity contribution in [1.82, 2.24) is 10.3 Å². The summed E-state index contributed by atoms with van der Waals surface area (Å²) in [5.41, 5.74) is 8.07. The molecule has 5 nitrogen and oxygen atoms in total. The van der Waals surface area contributed by atoms with Gasteiger partial charge in [0, 0.05) is 30.1 Å². The van der Waals surface area contributed by atoms with Crippen molar-refractivity contribution in [3.8, 4) is 6.07 Å². The number of hydrogen-bond donors (Lipinski definition) is 3. The summed E-state index contributed by atoms with van der Waals surface area (Å²) in [5.74, 6) is -0.141.